The minimum Gasteiger partial charge on any atom is -0.497 e. The number of pyridine rings is 4. The third-order valence-electron chi connectivity index (χ3n) is 9.41. The predicted molar refractivity (Wildman–Crippen MR) is 214 cm³/mol. The Kier molecular flexibility index (Phi) is 10.5. The number of rotatable bonds is 9. The minimum atomic E-state index is -1.02. The van der Waals surface area contributed by atoms with Crippen molar-refractivity contribution in [1.82, 2.24) is 19.1 Å². The van der Waals surface area contributed by atoms with E-state index in [0.29, 0.717) is 63.5 Å². The van der Waals surface area contributed by atoms with Gasteiger partial charge in [0.25, 0.3) is 11.1 Å². The van der Waals surface area contributed by atoms with E-state index in [9.17, 15) is 24.3 Å². The molecule has 4 heterocycles. The zero-order chi connectivity index (χ0) is 39.3. The van der Waals surface area contributed by atoms with E-state index < -0.39 is 11.9 Å². The van der Waals surface area contributed by atoms with E-state index in [1.165, 1.54) is 6.07 Å². The molecule has 4 aromatic carbocycles. The zero-order valence-electron chi connectivity index (χ0n) is 30.8. The van der Waals surface area contributed by atoms with Gasteiger partial charge in [-0.1, -0.05) is 24.3 Å². The van der Waals surface area contributed by atoms with E-state index in [2.05, 4.69) is 9.97 Å². The Bertz CT molecular complexity index is 2880. The molecule has 0 saturated heterocycles. The first kappa shape index (κ1) is 37.0. The van der Waals surface area contributed by atoms with Crippen LogP contribution in [0, 0.1) is 0 Å². The number of aromatic nitrogens is 4. The lowest BCUT2D eigenvalue weighted by Crippen LogP contribution is -2.22. The topological polar surface area (TPSA) is 152 Å². The summed E-state index contributed by atoms with van der Waals surface area (Å²) in [6, 6.07) is 31.9. The summed E-state index contributed by atoms with van der Waals surface area (Å²) in [7, 11) is 3.22. The summed E-state index contributed by atoms with van der Waals surface area (Å²) in [5.74, 6) is 0.0813. The molecule has 4 aromatic heterocycles. The molecule has 280 valence electrons. The third kappa shape index (κ3) is 7.27. The second kappa shape index (κ2) is 15.9. The van der Waals surface area contributed by atoms with Gasteiger partial charge in [-0.05, 0) is 103 Å². The van der Waals surface area contributed by atoms with Crippen molar-refractivity contribution in [3.8, 4) is 11.5 Å². The summed E-state index contributed by atoms with van der Waals surface area (Å²) in [6.07, 6.45) is 3.24. The molecule has 0 spiro atoms. The van der Waals surface area contributed by atoms with Crippen LogP contribution in [0.2, 0.25) is 0 Å². The highest BCUT2D eigenvalue weighted by Crippen LogP contribution is 2.26. The van der Waals surface area contributed by atoms with E-state index in [-0.39, 0.29) is 16.7 Å². The maximum Gasteiger partial charge on any atom is 0.338 e. The zero-order valence-corrected chi connectivity index (χ0v) is 30.8. The van der Waals surface area contributed by atoms with Crippen molar-refractivity contribution in [2.75, 3.05) is 20.8 Å². The van der Waals surface area contributed by atoms with Crippen LogP contribution in [0.3, 0.4) is 0 Å². The Balaban J connectivity index is 0.000000172. The van der Waals surface area contributed by atoms with E-state index >= 15 is 0 Å². The number of carbonyl (C=O) groups is 2. The van der Waals surface area contributed by atoms with Gasteiger partial charge in [0.15, 0.2) is 0 Å². The molecule has 8 rings (SSSR count). The van der Waals surface area contributed by atoms with Crippen LogP contribution < -0.4 is 20.6 Å². The van der Waals surface area contributed by atoms with Crippen LogP contribution >= 0.6 is 0 Å². The van der Waals surface area contributed by atoms with Crippen molar-refractivity contribution in [1.29, 1.82) is 0 Å². The fourth-order valence-electron chi connectivity index (χ4n) is 6.63. The maximum atomic E-state index is 13.2. The number of benzene rings is 4. The fourth-order valence-corrected chi connectivity index (χ4v) is 6.63. The number of nitrogens with zero attached hydrogens (tertiary/aromatic N) is 4. The number of carboxylic acid groups (broad SMARTS) is 1. The monoisotopic (exact) mass is 748 g/mol. The summed E-state index contributed by atoms with van der Waals surface area (Å²) < 4.78 is 18.9. The predicted octanol–water partition coefficient (Wildman–Crippen LogP) is 7.09. The van der Waals surface area contributed by atoms with Crippen molar-refractivity contribution in [3.05, 3.63) is 165 Å². The van der Waals surface area contributed by atoms with Crippen molar-refractivity contribution >= 4 is 55.6 Å². The first-order valence-corrected chi connectivity index (χ1v) is 17.7. The second-order valence-corrected chi connectivity index (χ2v) is 12.8. The number of fused-ring (bicyclic) bond motifs is 6. The molecule has 0 amide bonds. The Morgan fingerprint density at radius 1 is 0.607 bits per heavy atom. The van der Waals surface area contributed by atoms with Crippen molar-refractivity contribution < 1.29 is 28.9 Å². The standard InChI is InChI=1S/C23H20N2O4.C21H16N2O4/c1-3-29-23(27)16-8-11-20-19(13-16)21-18(5-4-12-24-21)22(26)25(20)14-15-6-9-17(28-2)10-7-15;1-27-15-7-4-13(5-8-15)12-23-18-9-6-14(21(25)26)11-17(18)19-16(20(23)24)3-2-10-22-19/h4-13H,3,14H2,1-2H3;2-11H,12H2,1H3,(H,25,26). The van der Waals surface area contributed by atoms with Crippen LogP contribution in [-0.4, -0.2) is 57.0 Å². The number of esters is 1. The summed E-state index contributed by atoms with van der Waals surface area (Å²) in [5, 5.41) is 11.7. The molecule has 0 aliphatic rings. The molecule has 8 aromatic rings. The highest BCUT2D eigenvalue weighted by molar-refractivity contribution is 6.07. The quantitative estimate of drug-likeness (QED) is 0.120. The number of hydrogen-bond donors (Lipinski definition) is 1. The summed E-state index contributed by atoms with van der Waals surface area (Å²) in [6.45, 7) is 2.81. The van der Waals surface area contributed by atoms with Gasteiger partial charge in [0.05, 0.1) is 77.9 Å². The molecule has 0 radical (unpaired) electrons. The van der Waals surface area contributed by atoms with E-state index in [4.69, 9.17) is 14.2 Å². The third-order valence-corrected chi connectivity index (χ3v) is 9.41. The molecular weight excluding hydrogens is 713 g/mol. The molecule has 12 nitrogen and oxygen atoms in total. The maximum absolute atomic E-state index is 13.2. The van der Waals surface area contributed by atoms with E-state index in [1.54, 1.807) is 97.3 Å². The van der Waals surface area contributed by atoms with Gasteiger partial charge >= 0.3 is 11.9 Å². The number of carboxylic acids is 1. The van der Waals surface area contributed by atoms with Gasteiger partial charge in [-0.3, -0.25) is 19.6 Å². The lowest BCUT2D eigenvalue weighted by Gasteiger charge is -2.14. The minimum absolute atomic E-state index is 0.125. The highest BCUT2D eigenvalue weighted by atomic mass is 16.5. The van der Waals surface area contributed by atoms with Gasteiger partial charge in [-0.25, -0.2) is 9.59 Å². The summed E-state index contributed by atoms with van der Waals surface area (Å²) in [5.41, 5.74) is 4.64. The highest BCUT2D eigenvalue weighted by Gasteiger charge is 2.17. The molecule has 0 aliphatic heterocycles. The molecule has 0 unspecified atom stereocenters. The number of carbonyl (C=O) groups excluding carboxylic acids is 1. The van der Waals surface area contributed by atoms with Crippen LogP contribution in [0.4, 0.5) is 0 Å². The van der Waals surface area contributed by atoms with Crippen molar-refractivity contribution in [3.63, 3.8) is 0 Å². The van der Waals surface area contributed by atoms with Gasteiger partial charge in [-0.2, -0.15) is 0 Å². The van der Waals surface area contributed by atoms with E-state index in [1.807, 2.05) is 48.5 Å². The fraction of sp³-hybridized carbons (Fsp3) is 0.136. The first-order chi connectivity index (χ1) is 27.2. The molecular formula is C44H36N4O8. The average molecular weight is 749 g/mol. The molecule has 0 fully saturated rings. The number of aromatic carboxylic acids is 1. The summed E-state index contributed by atoms with van der Waals surface area (Å²) in [4.78, 5) is 58.6. The summed E-state index contributed by atoms with van der Waals surface area (Å²) >= 11 is 0. The molecule has 56 heavy (non-hydrogen) atoms. The van der Waals surface area contributed by atoms with Crippen LogP contribution in [0.1, 0.15) is 38.8 Å². The largest absolute Gasteiger partial charge is 0.497 e. The lowest BCUT2D eigenvalue weighted by molar-refractivity contribution is 0.0526. The van der Waals surface area contributed by atoms with Gasteiger partial charge in [0, 0.05) is 23.2 Å². The SMILES string of the molecule is CCOC(=O)c1ccc2c(c1)c1ncccc1c(=O)n2Cc1ccc(OC)cc1.COc1ccc(Cn2c(=O)c3cccnc3c3cc(C(=O)O)ccc32)cc1. The van der Waals surface area contributed by atoms with Gasteiger partial charge < -0.3 is 28.5 Å². The van der Waals surface area contributed by atoms with Crippen LogP contribution in [0.25, 0.3) is 43.6 Å². The normalized spacial score (nSPS) is 11.0. The second-order valence-electron chi connectivity index (χ2n) is 12.8. The van der Waals surface area contributed by atoms with Gasteiger partial charge in [-0.15, -0.1) is 0 Å². The molecule has 0 aliphatic carbocycles. The number of methoxy groups -OCH3 is 2. The van der Waals surface area contributed by atoms with Crippen LogP contribution in [0.5, 0.6) is 11.5 Å². The van der Waals surface area contributed by atoms with Gasteiger partial charge in [0.2, 0.25) is 0 Å². The Labute approximate surface area is 319 Å². The molecule has 1 N–H and O–H groups in total. The Morgan fingerprint density at radius 3 is 1.48 bits per heavy atom. The van der Waals surface area contributed by atoms with Gasteiger partial charge in [0.1, 0.15) is 11.5 Å². The molecule has 12 heteroatoms. The van der Waals surface area contributed by atoms with Crippen LogP contribution in [0.15, 0.2) is 131 Å². The Hall–Kier alpha value is -7.34. The van der Waals surface area contributed by atoms with Crippen LogP contribution in [-0.2, 0) is 17.8 Å². The first-order valence-electron chi connectivity index (χ1n) is 17.7. The average Bonchev–Trinajstić information content (AvgIpc) is 3.24. The lowest BCUT2D eigenvalue weighted by atomic mass is 10.1. The molecule has 0 atom stereocenters. The number of hydrogen-bond acceptors (Lipinski definition) is 9. The molecule has 0 saturated carbocycles. The number of ether oxygens (including phenoxy) is 3. The molecule has 0 bridgehead atoms. The Morgan fingerprint density at radius 2 is 1.05 bits per heavy atom. The van der Waals surface area contributed by atoms with E-state index in [0.717, 1.165) is 28.0 Å². The smallest absolute Gasteiger partial charge is 0.338 e. The van der Waals surface area contributed by atoms with Crippen molar-refractivity contribution in [2.24, 2.45) is 0 Å². The van der Waals surface area contributed by atoms with Crippen molar-refractivity contribution in [2.45, 2.75) is 20.0 Å².